The van der Waals surface area contributed by atoms with Crippen LogP contribution in [0.3, 0.4) is 0 Å². The number of hydrogen-bond acceptors (Lipinski definition) is 4. The van der Waals surface area contributed by atoms with E-state index in [1.54, 1.807) is 4.90 Å². The molecule has 2 unspecified atom stereocenters. The minimum atomic E-state index is -0.238. The van der Waals surface area contributed by atoms with Gasteiger partial charge in [-0.15, -0.1) is 0 Å². The van der Waals surface area contributed by atoms with Crippen LogP contribution in [0.4, 0.5) is 4.79 Å². The van der Waals surface area contributed by atoms with Crippen molar-refractivity contribution in [3.8, 4) is 0 Å². The molecule has 0 radical (unpaired) electrons. The lowest BCUT2D eigenvalue weighted by Gasteiger charge is -2.18. The van der Waals surface area contributed by atoms with Crippen LogP contribution in [0.2, 0.25) is 0 Å². The maximum Gasteiger partial charge on any atom is 0.409 e. The van der Waals surface area contributed by atoms with Crippen LogP contribution in [0.15, 0.2) is 0 Å². The van der Waals surface area contributed by atoms with Crippen LogP contribution >= 0.6 is 0 Å². The number of fused-ring (bicyclic) bond motifs is 1. The highest BCUT2D eigenvalue weighted by Gasteiger charge is 2.61. The summed E-state index contributed by atoms with van der Waals surface area (Å²) in [5.41, 5.74) is 0. The summed E-state index contributed by atoms with van der Waals surface area (Å²) in [5.74, 6) is 0.502. The van der Waals surface area contributed by atoms with E-state index in [2.05, 4.69) is 6.92 Å². The minimum absolute atomic E-state index is 0.0182. The number of likely N-dealkylation sites (tertiary alicyclic amines) is 1. The molecule has 2 atom stereocenters. The molecule has 0 aromatic heterocycles. The van der Waals surface area contributed by atoms with Crippen LogP contribution in [0.1, 0.15) is 26.7 Å². The Labute approximate surface area is 107 Å². The molecule has 0 aromatic carbocycles. The number of carbonyl (C=O) groups is 2. The summed E-state index contributed by atoms with van der Waals surface area (Å²) in [6, 6.07) is 0. The Hall–Kier alpha value is -1.26. The topological polar surface area (TPSA) is 55.8 Å². The molecule has 18 heavy (non-hydrogen) atoms. The third-order valence-electron chi connectivity index (χ3n) is 3.73. The van der Waals surface area contributed by atoms with Crippen LogP contribution in [0.5, 0.6) is 0 Å². The summed E-state index contributed by atoms with van der Waals surface area (Å²) in [4.78, 5) is 24.9. The summed E-state index contributed by atoms with van der Waals surface area (Å²) >= 11 is 0. The van der Waals surface area contributed by atoms with E-state index in [-0.39, 0.29) is 18.0 Å². The Bertz CT molecular complexity index is 319. The third-order valence-corrected chi connectivity index (χ3v) is 3.73. The second kappa shape index (κ2) is 5.59. The van der Waals surface area contributed by atoms with Gasteiger partial charge in [-0.1, -0.05) is 13.3 Å². The van der Waals surface area contributed by atoms with E-state index in [4.69, 9.17) is 9.47 Å². The van der Waals surface area contributed by atoms with Crippen molar-refractivity contribution in [1.82, 2.24) is 4.90 Å². The fourth-order valence-electron chi connectivity index (χ4n) is 2.66. The SMILES string of the molecule is CCCCOC(=O)N1CC2C(C1)C2C(=O)OCC. The van der Waals surface area contributed by atoms with E-state index in [0.717, 1.165) is 12.8 Å². The van der Waals surface area contributed by atoms with E-state index in [1.807, 2.05) is 6.92 Å². The van der Waals surface area contributed by atoms with Gasteiger partial charge in [-0.2, -0.15) is 0 Å². The molecule has 5 heteroatoms. The molecule has 1 heterocycles. The van der Waals surface area contributed by atoms with Crippen LogP contribution < -0.4 is 0 Å². The minimum Gasteiger partial charge on any atom is -0.466 e. The zero-order chi connectivity index (χ0) is 13.1. The fraction of sp³-hybridized carbons (Fsp3) is 0.846. The number of ether oxygens (including phenoxy) is 2. The van der Waals surface area contributed by atoms with Gasteiger partial charge in [0.1, 0.15) is 0 Å². The lowest BCUT2D eigenvalue weighted by molar-refractivity contribution is -0.145. The molecular formula is C13H21NO4. The fourth-order valence-corrected chi connectivity index (χ4v) is 2.66. The Morgan fingerprint density at radius 3 is 2.39 bits per heavy atom. The number of hydrogen-bond donors (Lipinski definition) is 0. The second-order valence-electron chi connectivity index (χ2n) is 4.98. The van der Waals surface area contributed by atoms with Crippen molar-refractivity contribution in [3.63, 3.8) is 0 Å². The molecule has 1 amide bonds. The van der Waals surface area contributed by atoms with Crippen LogP contribution in [0.25, 0.3) is 0 Å². The Kier molecular flexibility index (Phi) is 4.09. The quantitative estimate of drug-likeness (QED) is 0.554. The van der Waals surface area contributed by atoms with Crippen molar-refractivity contribution in [2.24, 2.45) is 17.8 Å². The molecule has 0 bridgehead atoms. The predicted molar refractivity (Wildman–Crippen MR) is 64.9 cm³/mol. The van der Waals surface area contributed by atoms with Gasteiger partial charge < -0.3 is 14.4 Å². The number of piperidine rings is 1. The van der Waals surface area contributed by atoms with E-state index in [9.17, 15) is 9.59 Å². The van der Waals surface area contributed by atoms with E-state index >= 15 is 0 Å². The normalized spacial score (nSPS) is 28.8. The molecule has 0 N–H and O–H groups in total. The first kappa shape index (κ1) is 13.2. The lowest BCUT2D eigenvalue weighted by Crippen LogP contribution is -2.33. The molecule has 2 rings (SSSR count). The molecule has 1 saturated heterocycles. The van der Waals surface area contributed by atoms with Gasteiger partial charge in [0.15, 0.2) is 0 Å². The highest BCUT2D eigenvalue weighted by molar-refractivity contribution is 5.78. The molecular weight excluding hydrogens is 234 g/mol. The summed E-state index contributed by atoms with van der Waals surface area (Å²) in [6.07, 6.45) is 1.68. The van der Waals surface area contributed by atoms with Gasteiger partial charge in [-0.3, -0.25) is 4.79 Å². The summed E-state index contributed by atoms with van der Waals surface area (Å²) in [5, 5.41) is 0. The largest absolute Gasteiger partial charge is 0.466 e. The molecule has 5 nitrogen and oxygen atoms in total. The highest BCUT2D eigenvalue weighted by atomic mass is 16.6. The van der Waals surface area contributed by atoms with Crippen molar-refractivity contribution in [2.45, 2.75) is 26.7 Å². The number of rotatable bonds is 5. The molecule has 102 valence electrons. The number of esters is 1. The first-order valence-corrected chi connectivity index (χ1v) is 6.77. The van der Waals surface area contributed by atoms with Crippen molar-refractivity contribution in [3.05, 3.63) is 0 Å². The average molecular weight is 255 g/mol. The van der Waals surface area contributed by atoms with Crippen molar-refractivity contribution in [1.29, 1.82) is 0 Å². The van der Waals surface area contributed by atoms with Crippen LogP contribution in [-0.2, 0) is 14.3 Å². The molecule has 0 aromatic rings. The lowest BCUT2D eigenvalue weighted by atomic mass is 10.3. The molecule has 1 aliphatic heterocycles. The maximum absolute atomic E-state index is 11.7. The van der Waals surface area contributed by atoms with Gasteiger partial charge in [0.25, 0.3) is 0 Å². The van der Waals surface area contributed by atoms with E-state index < -0.39 is 0 Å². The predicted octanol–water partition coefficient (Wildman–Crippen LogP) is 1.66. The standard InChI is InChI=1S/C13H21NO4/c1-3-5-6-18-13(16)14-7-9-10(8-14)11(9)12(15)17-4-2/h9-11H,3-8H2,1-2H3. The Balaban J connectivity index is 1.70. The average Bonchev–Trinajstić information content (AvgIpc) is 2.85. The number of unbranched alkanes of at least 4 members (excludes halogenated alkanes) is 1. The number of carbonyl (C=O) groups excluding carboxylic acids is 2. The first-order chi connectivity index (χ1) is 8.69. The Morgan fingerprint density at radius 2 is 1.83 bits per heavy atom. The first-order valence-electron chi connectivity index (χ1n) is 6.77. The monoisotopic (exact) mass is 255 g/mol. The van der Waals surface area contributed by atoms with Gasteiger partial charge in [0, 0.05) is 13.1 Å². The van der Waals surface area contributed by atoms with Gasteiger partial charge in [-0.05, 0) is 25.2 Å². The zero-order valence-electron chi connectivity index (χ0n) is 11.1. The number of nitrogens with zero attached hydrogens (tertiary/aromatic N) is 1. The second-order valence-corrected chi connectivity index (χ2v) is 4.98. The van der Waals surface area contributed by atoms with Gasteiger partial charge in [0.05, 0.1) is 19.1 Å². The molecule has 2 aliphatic rings. The van der Waals surface area contributed by atoms with Gasteiger partial charge in [0.2, 0.25) is 0 Å². The number of amides is 1. The van der Waals surface area contributed by atoms with Crippen molar-refractivity contribution >= 4 is 12.1 Å². The van der Waals surface area contributed by atoms with Gasteiger partial charge in [-0.25, -0.2) is 4.79 Å². The maximum atomic E-state index is 11.7. The Morgan fingerprint density at radius 1 is 1.17 bits per heavy atom. The third kappa shape index (κ3) is 2.60. The summed E-state index contributed by atoms with van der Waals surface area (Å²) in [7, 11) is 0. The van der Waals surface area contributed by atoms with E-state index in [1.165, 1.54) is 0 Å². The van der Waals surface area contributed by atoms with Crippen molar-refractivity contribution in [2.75, 3.05) is 26.3 Å². The molecule has 0 spiro atoms. The zero-order valence-corrected chi connectivity index (χ0v) is 11.1. The molecule has 1 aliphatic carbocycles. The van der Waals surface area contributed by atoms with Crippen LogP contribution in [-0.4, -0.2) is 43.3 Å². The molecule has 2 fully saturated rings. The van der Waals surface area contributed by atoms with Crippen LogP contribution in [0, 0.1) is 17.8 Å². The summed E-state index contributed by atoms with van der Waals surface area (Å²) < 4.78 is 10.2. The van der Waals surface area contributed by atoms with Crippen molar-refractivity contribution < 1.29 is 19.1 Å². The summed E-state index contributed by atoms with van der Waals surface area (Å²) in [6.45, 7) is 6.06. The highest BCUT2D eigenvalue weighted by Crippen LogP contribution is 2.52. The molecule has 1 saturated carbocycles. The van der Waals surface area contributed by atoms with Gasteiger partial charge >= 0.3 is 12.1 Å². The van der Waals surface area contributed by atoms with E-state index in [0.29, 0.717) is 38.1 Å². The smallest absolute Gasteiger partial charge is 0.409 e.